The average molecular weight is 472 g/mol. The quantitative estimate of drug-likeness (QED) is 0.459. The summed E-state index contributed by atoms with van der Waals surface area (Å²) in [5.74, 6) is 0. The van der Waals surface area contributed by atoms with Crippen LogP contribution in [0, 0.1) is 6.92 Å². The molecule has 0 saturated heterocycles. The first-order valence-corrected chi connectivity index (χ1v) is 14.3. The van der Waals surface area contributed by atoms with E-state index in [9.17, 15) is 9.13 Å². The largest absolute Gasteiger partial charge is 0.363 e. The molecule has 0 unspecified atom stereocenters. The van der Waals surface area contributed by atoms with E-state index < -0.39 is 14.9 Å². The van der Waals surface area contributed by atoms with Gasteiger partial charge in [0.2, 0.25) is 7.29 Å². The van der Waals surface area contributed by atoms with Gasteiger partial charge in [0.1, 0.15) is 0 Å². The molecule has 0 atom stereocenters. The molecule has 0 fully saturated rings. The molecule has 8 heteroatoms. The van der Waals surface area contributed by atoms with Crippen LogP contribution in [0.5, 0.6) is 0 Å². The van der Waals surface area contributed by atoms with Crippen molar-refractivity contribution < 1.29 is 18.2 Å². The van der Waals surface area contributed by atoms with Crippen molar-refractivity contribution in [3.05, 3.63) is 77.6 Å². The SMILES string of the molecule is CCOP(=O)(OCC)c1c2c(n(NP(=O)(c3ccccc3)c3ccccc3)c1C)CCC2. The maximum absolute atomic E-state index is 14.6. The van der Waals surface area contributed by atoms with Gasteiger partial charge in [-0.25, -0.2) is 0 Å². The van der Waals surface area contributed by atoms with Crippen LogP contribution in [0.4, 0.5) is 0 Å². The van der Waals surface area contributed by atoms with Crippen molar-refractivity contribution >= 4 is 30.8 Å². The highest BCUT2D eigenvalue weighted by molar-refractivity contribution is 7.79. The highest BCUT2D eigenvalue weighted by Crippen LogP contribution is 2.51. The van der Waals surface area contributed by atoms with E-state index in [2.05, 4.69) is 5.20 Å². The number of rotatable bonds is 9. The van der Waals surface area contributed by atoms with E-state index in [1.165, 1.54) is 0 Å². The molecule has 0 bridgehead atoms. The third-order valence-corrected chi connectivity index (χ3v) is 10.6. The Balaban J connectivity index is 1.89. The third kappa shape index (κ3) is 4.02. The van der Waals surface area contributed by atoms with Crippen LogP contribution in [0.25, 0.3) is 0 Å². The first-order valence-electron chi connectivity index (χ1n) is 11.1. The third-order valence-electron chi connectivity index (χ3n) is 5.77. The van der Waals surface area contributed by atoms with E-state index in [4.69, 9.17) is 9.05 Å². The van der Waals surface area contributed by atoms with Crippen molar-refractivity contribution in [1.82, 2.24) is 4.68 Å². The fourth-order valence-electron chi connectivity index (χ4n) is 4.44. The van der Waals surface area contributed by atoms with Gasteiger partial charge in [0.25, 0.3) is 0 Å². The van der Waals surface area contributed by atoms with Crippen LogP contribution in [0.1, 0.15) is 37.2 Å². The van der Waals surface area contributed by atoms with Gasteiger partial charge in [0.15, 0.2) is 0 Å². The molecule has 0 spiro atoms. The van der Waals surface area contributed by atoms with Crippen molar-refractivity contribution in [2.75, 3.05) is 18.4 Å². The summed E-state index contributed by atoms with van der Waals surface area (Å²) in [5, 5.41) is 5.42. The molecule has 4 rings (SSSR count). The normalized spacial score (nSPS) is 13.8. The highest BCUT2D eigenvalue weighted by Gasteiger charge is 2.39. The summed E-state index contributed by atoms with van der Waals surface area (Å²) < 4.78 is 41.6. The lowest BCUT2D eigenvalue weighted by molar-refractivity contribution is 0.229. The molecule has 1 N–H and O–H groups in total. The summed E-state index contributed by atoms with van der Waals surface area (Å²) in [6, 6.07) is 18.9. The highest BCUT2D eigenvalue weighted by atomic mass is 31.2. The van der Waals surface area contributed by atoms with Gasteiger partial charge in [-0.1, -0.05) is 36.4 Å². The van der Waals surface area contributed by atoms with E-state index in [1.807, 2.05) is 86.1 Å². The fourth-order valence-corrected chi connectivity index (χ4v) is 8.79. The number of fused-ring (bicyclic) bond motifs is 1. The minimum Gasteiger partial charge on any atom is -0.305 e. The molecule has 0 amide bonds. The molecule has 170 valence electrons. The molecule has 3 aromatic rings. The first-order chi connectivity index (χ1) is 15.4. The number of hydrogen-bond acceptors (Lipinski definition) is 4. The van der Waals surface area contributed by atoms with Gasteiger partial charge in [-0.05, 0) is 69.9 Å². The average Bonchev–Trinajstić information content (AvgIpc) is 3.36. The number of aromatic nitrogens is 1. The maximum atomic E-state index is 14.6. The smallest absolute Gasteiger partial charge is 0.305 e. The Bertz CT molecular complexity index is 1120. The molecule has 0 aliphatic heterocycles. The van der Waals surface area contributed by atoms with Crippen LogP contribution in [0.2, 0.25) is 0 Å². The summed E-state index contributed by atoms with van der Waals surface area (Å²) in [6.07, 6.45) is 2.55. The first kappa shape index (κ1) is 23.1. The molecule has 0 radical (unpaired) electrons. The molecule has 2 aromatic carbocycles. The monoisotopic (exact) mass is 472 g/mol. The predicted octanol–water partition coefficient (Wildman–Crippen LogP) is 4.65. The number of benzene rings is 2. The summed E-state index contributed by atoms with van der Waals surface area (Å²) >= 11 is 0. The second-order valence-electron chi connectivity index (χ2n) is 7.76. The number of nitrogens with zero attached hydrogens (tertiary/aromatic N) is 1. The topological polar surface area (TPSA) is 69.6 Å². The summed E-state index contributed by atoms with van der Waals surface area (Å²) in [6.45, 7) is 6.10. The lowest BCUT2D eigenvalue weighted by Crippen LogP contribution is -2.29. The molecule has 0 saturated carbocycles. The Morgan fingerprint density at radius 1 is 0.875 bits per heavy atom. The molecular weight excluding hydrogens is 442 g/mol. The van der Waals surface area contributed by atoms with Crippen LogP contribution >= 0.6 is 14.9 Å². The zero-order valence-electron chi connectivity index (χ0n) is 18.8. The molecule has 1 aliphatic rings. The Kier molecular flexibility index (Phi) is 6.78. The van der Waals surface area contributed by atoms with E-state index in [0.717, 1.165) is 36.2 Å². The Labute approximate surface area is 189 Å². The summed E-state index contributed by atoms with van der Waals surface area (Å²) in [7, 11) is -6.72. The zero-order valence-corrected chi connectivity index (χ0v) is 20.6. The lowest BCUT2D eigenvalue weighted by Gasteiger charge is -2.25. The van der Waals surface area contributed by atoms with E-state index in [1.54, 1.807) is 0 Å². The van der Waals surface area contributed by atoms with E-state index >= 15 is 0 Å². The van der Waals surface area contributed by atoms with Crippen LogP contribution in [-0.2, 0) is 31.0 Å². The van der Waals surface area contributed by atoms with Gasteiger partial charge in [0.05, 0.1) is 24.2 Å². The second-order valence-corrected chi connectivity index (χ2v) is 12.2. The minimum atomic E-state index is -3.49. The van der Waals surface area contributed by atoms with Crippen molar-refractivity contribution in [2.24, 2.45) is 0 Å². The van der Waals surface area contributed by atoms with Crippen LogP contribution < -0.4 is 21.1 Å². The number of nitrogens with one attached hydrogen (secondary N) is 1. The molecule has 1 aliphatic carbocycles. The Morgan fingerprint density at radius 3 is 1.91 bits per heavy atom. The zero-order chi connectivity index (χ0) is 22.8. The van der Waals surface area contributed by atoms with Gasteiger partial charge in [0, 0.05) is 16.3 Å². The molecule has 32 heavy (non-hydrogen) atoms. The van der Waals surface area contributed by atoms with Crippen molar-refractivity contribution in [3.63, 3.8) is 0 Å². The molecule has 6 nitrogen and oxygen atoms in total. The summed E-state index contributed by atoms with van der Waals surface area (Å²) in [5.41, 5.74) is 2.73. The van der Waals surface area contributed by atoms with Crippen molar-refractivity contribution in [1.29, 1.82) is 0 Å². The summed E-state index contributed by atoms with van der Waals surface area (Å²) in [4.78, 5) is 0. The van der Waals surface area contributed by atoms with Crippen molar-refractivity contribution in [2.45, 2.75) is 40.0 Å². The fraction of sp³-hybridized carbons (Fsp3) is 0.333. The van der Waals surface area contributed by atoms with Crippen LogP contribution in [0.15, 0.2) is 60.7 Å². The van der Waals surface area contributed by atoms with Crippen molar-refractivity contribution in [3.8, 4) is 0 Å². The van der Waals surface area contributed by atoms with Gasteiger partial charge < -0.3 is 9.05 Å². The lowest BCUT2D eigenvalue weighted by atomic mass is 10.2. The number of hydrogen-bond donors (Lipinski definition) is 1. The maximum Gasteiger partial charge on any atom is 0.363 e. The predicted molar refractivity (Wildman–Crippen MR) is 131 cm³/mol. The van der Waals surface area contributed by atoms with Gasteiger partial charge >= 0.3 is 7.60 Å². The van der Waals surface area contributed by atoms with E-state index in [0.29, 0.717) is 15.9 Å². The molecule has 1 heterocycles. The van der Waals surface area contributed by atoms with Gasteiger partial charge in [-0.15, -0.1) is 0 Å². The van der Waals surface area contributed by atoms with E-state index in [-0.39, 0.29) is 13.2 Å². The Morgan fingerprint density at radius 2 is 1.41 bits per heavy atom. The van der Waals surface area contributed by atoms with Crippen LogP contribution in [0.3, 0.4) is 0 Å². The standard InChI is InChI=1S/C24H30N2O4P2/c1-4-29-32(28,30-5-2)24-19(3)26(23-18-12-17-22(23)24)25-31(27,20-13-8-6-9-14-20)21-15-10-7-11-16-21/h6-11,13-16H,4-5,12,17-18H2,1-3H3,(H,25,27). The minimum absolute atomic E-state index is 0.288. The Hall–Kier alpha value is -2.10. The van der Waals surface area contributed by atoms with Crippen LogP contribution in [-0.4, -0.2) is 17.9 Å². The molecular formula is C24H30N2O4P2. The van der Waals surface area contributed by atoms with Gasteiger partial charge in [-0.3, -0.25) is 19.0 Å². The van der Waals surface area contributed by atoms with Gasteiger partial charge in [-0.2, -0.15) is 0 Å². The second kappa shape index (κ2) is 9.41. The molecule has 1 aromatic heterocycles.